The Morgan fingerprint density at radius 3 is 2.39 bits per heavy atom. The van der Waals surface area contributed by atoms with Gasteiger partial charge in [0.05, 0.1) is 11.4 Å². The summed E-state index contributed by atoms with van der Waals surface area (Å²) in [7, 11) is -4.30. The van der Waals surface area contributed by atoms with Crippen LogP contribution in [-0.4, -0.2) is 35.6 Å². The highest BCUT2D eigenvalue weighted by Gasteiger charge is 2.31. The number of hydrogen-bond acceptors (Lipinski definition) is 4. The highest BCUT2D eigenvalue weighted by atomic mass is 32.2. The largest absolute Gasteiger partial charge is 0.464 e. The van der Waals surface area contributed by atoms with Crippen LogP contribution in [0.5, 0.6) is 0 Å². The van der Waals surface area contributed by atoms with Crippen molar-refractivity contribution in [2.45, 2.75) is 37.6 Å². The van der Waals surface area contributed by atoms with Crippen LogP contribution in [0.15, 0.2) is 53.4 Å². The number of aliphatic hydroxyl groups excluding tert-OH is 1. The van der Waals surface area contributed by atoms with E-state index in [9.17, 15) is 18.3 Å². The lowest BCUT2D eigenvalue weighted by atomic mass is 9.84. The van der Waals surface area contributed by atoms with Crippen LogP contribution in [0.1, 0.15) is 37.5 Å². The van der Waals surface area contributed by atoms with Gasteiger partial charge in [0.15, 0.2) is 0 Å². The standard InChI is InChI=1S/C21H23NO5S/c1-21(2,3)19-12-5-4-10-17(19)15-22(20(24)25)28(26,27)18-11-6-8-16(14-18)9-7-13-23/h4-6,8,10-12,14,23H,13,15H2,1-3H3,(H,24,25). The molecular weight excluding hydrogens is 378 g/mol. The minimum absolute atomic E-state index is 0.173. The van der Waals surface area contributed by atoms with Gasteiger partial charge in [-0.25, -0.2) is 13.2 Å². The molecule has 0 fully saturated rings. The van der Waals surface area contributed by atoms with Crippen LogP contribution in [0, 0.1) is 11.8 Å². The molecule has 0 saturated carbocycles. The molecule has 1 amide bonds. The van der Waals surface area contributed by atoms with Gasteiger partial charge in [-0.1, -0.05) is 62.9 Å². The third kappa shape index (κ3) is 4.91. The van der Waals surface area contributed by atoms with Crippen LogP contribution >= 0.6 is 0 Å². The maximum atomic E-state index is 13.0. The van der Waals surface area contributed by atoms with Gasteiger partial charge in [0.2, 0.25) is 0 Å². The Labute approximate surface area is 165 Å². The van der Waals surface area contributed by atoms with Crippen molar-refractivity contribution in [1.29, 1.82) is 0 Å². The Kier molecular flexibility index (Phi) is 6.49. The Morgan fingerprint density at radius 2 is 1.79 bits per heavy atom. The smallest absolute Gasteiger partial charge is 0.421 e. The molecule has 0 unspecified atom stereocenters. The molecule has 2 rings (SSSR count). The first kappa shape index (κ1) is 21.5. The van der Waals surface area contributed by atoms with Crippen LogP contribution in [0.2, 0.25) is 0 Å². The molecule has 0 aliphatic heterocycles. The van der Waals surface area contributed by atoms with Gasteiger partial charge in [-0.15, -0.1) is 0 Å². The van der Waals surface area contributed by atoms with Crippen molar-refractivity contribution in [1.82, 2.24) is 4.31 Å². The molecule has 7 heteroatoms. The topological polar surface area (TPSA) is 94.9 Å². The van der Waals surface area contributed by atoms with Crippen LogP contribution < -0.4 is 0 Å². The monoisotopic (exact) mass is 401 g/mol. The molecule has 0 saturated heterocycles. The summed E-state index contributed by atoms with van der Waals surface area (Å²) in [5.74, 6) is 5.06. The second kappa shape index (κ2) is 8.46. The summed E-state index contributed by atoms with van der Waals surface area (Å²) >= 11 is 0. The Balaban J connectivity index is 2.49. The third-order valence-corrected chi connectivity index (χ3v) is 5.80. The molecule has 0 spiro atoms. The van der Waals surface area contributed by atoms with Gasteiger partial charge in [0, 0.05) is 5.56 Å². The fraction of sp³-hybridized carbons (Fsp3) is 0.286. The highest BCUT2D eigenvalue weighted by Crippen LogP contribution is 2.28. The highest BCUT2D eigenvalue weighted by molar-refractivity contribution is 7.89. The normalized spacial score (nSPS) is 11.4. The van der Waals surface area contributed by atoms with E-state index in [1.54, 1.807) is 18.2 Å². The van der Waals surface area contributed by atoms with Crippen molar-refractivity contribution < 1.29 is 23.4 Å². The molecule has 0 bridgehead atoms. The van der Waals surface area contributed by atoms with E-state index in [4.69, 9.17) is 5.11 Å². The molecule has 0 aromatic heterocycles. The van der Waals surface area contributed by atoms with E-state index in [1.807, 2.05) is 32.9 Å². The average molecular weight is 401 g/mol. The number of nitrogens with zero attached hydrogens (tertiary/aromatic N) is 1. The zero-order valence-electron chi connectivity index (χ0n) is 16.0. The summed E-state index contributed by atoms with van der Waals surface area (Å²) in [5.41, 5.74) is 1.59. The van der Waals surface area contributed by atoms with E-state index in [0.29, 0.717) is 15.4 Å². The molecule has 2 aromatic carbocycles. The van der Waals surface area contributed by atoms with Crippen LogP contribution in [0.25, 0.3) is 0 Å². The van der Waals surface area contributed by atoms with Crippen molar-refractivity contribution in [2.24, 2.45) is 0 Å². The third-order valence-electron chi connectivity index (χ3n) is 4.09. The predicted octanol–water partition coefficient (Wildman–Crippen LogP) is 3.20. The summed E-state index contributed by atoms with van der Waals surface area (Å²) in [6.07, 6.45) is -1.56. The van der Waals surface area contributed by atoms with Crippen molar-refractivity contribution in [2.75, 3.05) is 6.61 Å². The van der Waals surface area contributed by atoms with Gasteiger partial charge < -0.3 is 10.2 Å². The average Bonchev–Trinajstić information content (AvgIpc) is 2.63. The number of amides is 1. The molecule has 0 radical (unpaired) electrons. The van der Waals surface area contributed by atoms with Crippen molar-refractivity contribution in [3.63, 3.8) is 0 Å². The van der Waals surface area contributed by atoms with Crippen LogP contribution in [0.3, 0.4) is 0 Å². The number of rotatable bonds is 4. The quantitative estimate of drug-likeness (QED) is 0.767. The van der Waals surface area contributed by atoms with Gasteiger partial charge in [-0.3, -0.25) is 0 Å². The predicted molar refractivity (Wildman–Crippen MR) is 106 cm³/mol. The van der Waals surface area contributed by atoms with Crippen LogP contribution in [0.4, 0.5) is 4.79 Å². The molecule has 0 heterocycles. The summed E-state index contributed by atoms with van der Waals surface area (Å²) in [6, 6.07) is 12.9. The SMILES string of the molecule is CC(C)(C)c1ccccc1CN(C(=O)O)S(=O)(=O)c1cccc(C#CCO)c1. The second-order valence-electron chi connectivity index (χ2n) is 7.19. The minimum atomic E-state index is -4.30. The Bertz CT molecular complexity index is 1030. The maximum absolute atomic E-state index is 13.0. The molecule has 28 heavy (non-hydrogen) atoms. The Morgan fingerprint density at radius 1 is 1.11 bits per heavy atom. The first-order valence-corrected chi connectivity index (χ1v) is 10.0. The summed E-state index contributed by atoms with van der Waals surface area (Å²) in [4.78, 5) is 11.7. The van der Waals surface area contributed by atoms with Crippen molar-refractivity contribution >= 4 is 16.1 Å². The fourth-order valence-electron chi connectivity index (χ4n) is 2.80. The number of sulfonamides is 1. The van der Waals surface area contributed by atoms with Gasteiger partial charge in [0.1, 0.15) is 6.61 Å². The molecule has 148 valence electrons. The van der Waals surface area contributed by atoms with E-state index in [1.165, 1.54) is 18.2 Å². The van der Waals surface area contributed by atoms with E-state index < -0.39 is 16.1 Å². The first-order chi connectivity index (χ1) is 13.1. The van der Waals surface area contributed by atoms with Crippen molar-refractivity contribution in [3.8, 4) is 11.8 Å². The van der Waals surface area contributed by atoms with E-state index in [-0.39, 0.29) is 23.5 Å². The zero-order valence-corrected chi connectivity index (χ0v) is 16.8. The van der Waals surface area contributed by atoms with Gasteiger partial charge in [0.25, 0.3) is 10.0 Å². The molecule has 2 N–H and O–H groups in total. The number of benzene rings is 2. The van der Waals surface area contributed by atoms with Gasteiger partial charge in [-0.05, 0) is 34.7 Å². The van der Waals surface area contributed by atoms with E-state index in [2.05, 4.69) is 11.8 Å². The summed E-state index contributed by atoms with van der Waals surface area (Å²) < 4.78 is 26.5. The first-order valence-electron chi connectivity index (χ1n) is 8.61. The molecule has 6 nitrogen and oxygen atoms in total. The molecule has 0 aliphatic carbocycles. The number of carbonyl (C=O) groups is 1. The van der Waals surface area contributed by atoms with E-state index in [0.717, 1.165) is 5.56 Å². The minimum Gasteiger partial charge on any atom is -0.464 e. The second-order valence-corrected chi connectivity index (χ2v) is 9.05. The molecule has 0 aliphatic rings. The number of carboxylic acid groups (broad SMARTS) is 1. The molecule has 2 aromatic rings. The lowest BCUT2D eigenvalue weighted by molar-refractivity contribution is 0.170. The molecular formula is C21H23NO5S. The number of aliphatic hydroxyl groups is 1. The fourth-order valence-corrected chi connectivity index (χ4v) is 4.10. The lowest BCUT2D eigenvalue weighted by Crippen LogP contribution is -2.36. The summed E-state index contributed by atoms with van der Waals surface area (Å²) in [5, 5.41) is 18.4. The Hall–Kier alpha value is -2.82. The van der Waals surface area contributed by atoms with Crippen molar-refractivity contribution in [3.05, 3.63) is 65.2 Å². The molecule has 0 atom stereocenters. The van der Waals surface area contributed by atoms with E-state index >= 15 is 0 Å². The maximum Gasteiger partial charge on any atom is 0.421 e. The summed E-state index contributed by atoms with van der Waals surface area (Å²) in [6.45, 7) is 5.29. The van der Waals surface area contributed by atoms with Gasteiger partial charge in [-0.2, -0.15) is 4.31 Å². The number of hydrogen-bond donors (Lipinski definition) is 2. The lowest BCUT2D eigenvalue weighted by Gasteiger charge is -2.26. The van der Waals surface area contributed by atoms with Gasteiger partial charge >= 0.3 is 6.09 Å². The van der Waals surface area contributed by atoms with Crippen LogP contribution in [-0.2, 0) is 22.0 Å². The zero-order chi connectivity index (χ0) is 20.9.